The lowest BCUT2D eigenvalue weighted by Gasteiger charge is -2.29. The zero-order valence-corrected chi connectivity index (χ0v) is 14.1. The molecule has 24 heavy (non-hydrogen) atoms. The van der Waals surface area contributed by atoms with Crippen LogP contribution in [0.4, 0.5) is 0 Å². The molecule has 0 bridgehead atoms. The first-order valence-corrected chi connectivity index (χ1v) is 8.59. The van der Waals surface area contributed by atoms with Crippen LogP contribution in [-0.4, -0.2) is 21.5 Å². The van der Waals surface area contributed by atoms with Gasteiger partial charge in [-0.25, -0.2) is 0 Å². The summed E-state index contributed by atoms with van der Waals surface area (Å²) in [4.78, 5) is 38.7. The van der Waals surface area contributed by atoms with Crippen molar-refractivity contribution < 1.29 is 4.79 Å². The van der Waals surface area contributed by atoms with Crippen molar-refractivity contribution in [2.24, 2.45) is 5.92 Å². The van der Waals surface area contributed by atoms with Crippen LogP contribution in [0.2, 0.25) is 0 Å². The van der Waals surface area contributed by atoms with Gasteiger partial charge in [-0.3, -0.25) is 14.4 Å². The van der Waals surface area contributed by atoms with Crippen LogP contribution in [0.25, 0.3) is 11.0 Å². The Kier molecular flexibility index (Phi) is 4.55. The number of carbonyl (C=O) groups is 1. The summed E-state index contributed by atoms with van der Waals surface area (Å²) < 4.78 is 1.42. The van der Waals surface area contributed by atoms with E-state index in [-0.39, 0.29) is 11.9 Å². The van der Waals surface area contributed by atoms with E-state index >= 15 is 0 Å². The molecule has 2 aromatic rings. The summed E-state index contributed by atoms with van der Waals surface area (Å²) in [6, 6.07) is 5.26. The molecule has 6 heteroatoms. The van der Waals surface area contributed by atoms with Gasteiger partial charge in [-0.2, -0.15) is 0 Å². The van der Waals surface area contributed by atoms with Crippen molar-refractivity contribution >= 4 is 16.9 Å². The highest BCUT2D eigenvalue weighted by molar-refractivity contribution is 5.97. The first kappa shape index (κ1) is 16.5. The van der Waals surface area contributed by atoms with Crippen LogP contribution in [0.1, 0.15) is 49.9 Å². The first-order chi connectivity index (χ1) is 11.5. The summed E-state index contributed by atoms with van der Waals surface area (Å²) in [5, 5.41) is 3.10. The van der Waals surface area contributed by atoms with Gasteiger partial charge in [0.1, 0.15) is 0 Å². The van der Waals surface area contributed by atoms with Crippen molar-refractivity contribution in [3.8, 4) is 0 Å². The fourth-order valence-electron chi connectivity index (χ4n) is 3.52. The van der Waals surface area contributed by atoms with Gasteiger partial charge in [-0.15, -0.1) is 0 Å². The average molecular weight is 329 g/mol. The summed E-state index contributed by atoms with van der Waals surface area (Å²) in [6.45, 7) is 4.39. The van der Waals surface area contributed by atoms with Crippen LogP contribution < -0.4 is 16.4 Å². The molecule has 1 amide bonds. The topological polar surface area (TPSA) is 84.0 Å². The molecule has 0 aliphatic heterocycles. The molecule has 1 heterocycles. The number of amides is 1. The summed E-state index contributed by atoms with van der Waals surface area (Å²) in [7, 11) is 0. The number of nitrogens with zero attached hydrogens (tertiary/aromatic N) is 1. The van der Waals surface area contributed by atoms with E-state index in [9.17, 15) is 14.4 Å². The van der Waals surface area contributed by atoms with Crippen molar-refractivity contribution in [1.29, 1.82) is 0 Å². The third kappa shape index (κ3) is 3.00. The number of nitrogens with one attached hydrogen (secondary N) is 2. The number of aromatic amines is 1. The molecule has 0 saturated heterocycles. The molecule has 1 aromatic carbocycles. The number of carbonyl (C=O) groups excluding carboxylic acids is 1. The zero-order valence-electron chi connectivity index (χ0n) is 14.1. The predicted octanol–water partition coefficient (Wildman–Crippen LogP) is 2.02. The van der Waals surface area contributed by atoms with Crippen LogP contribution in [0.3, 0.4) is 0 Å². The Balaban J connectivity index is 1.93. The number of fused-ring (bicyclic) bond motifs is 1. The number of aromatic nitrogens is 2. The van der Waals surface area contributed by atoms with E-state index in [1.165, 1.54) is 11.0 Å². The molecule has 6 nitrogen and oxygen atoms in total. The summed E-state index contributed by atoms with van der Waals surface area (Å²) in [5.41, 5.74) is 0.397. The minimum atomic E-state index is -0.664. The molecule has 0 unspecified atom stereocenters. The second-order valence-corrected chi connectivity index (χ2v) is 6.58. The van der Waals surface area contributed by atoms with Crippen LogP contribution in [0.5, 0.6) is 0 Å². The van der Waals surface area contributed by atoms with Gasteiger partial charge in [-0.05, 0) is 43.9 Å². The van der Waals surface area contributed by atoms with Gasteiger partial charge in [0.05, 0.1) is 11.0 Å². The van der Waals surface area contributed by atoms with E-state index in [0.717, 1.165) is 19.3 Å². The Morgan fingerprint density at radius 2 is 2.04 bits per heavy atom. The number of benzene rings is 1. The fraction of sp³-hybridized carbons (Fsp3) is 0.500. The van der Waals surface area contributed by atoms with Crippen molar-refractivity contribution in [2.75, 3.05) is 0 Å². The maximum Gasteiger partial charge on any atom is 0.316 e. The van der Waals surface area contributed by atoms with E-state index in [0.29, 0.717) is 29.1 Å². The quantitative estimate of drug-likeness (QED) is 0.845. The largest absolute Gasteiger partial charge is 0.349 e. The molecular weight excluding hydrogens is 306 g/mol. The summed E-state index contributed by atoms with van der Waals surface area (Å²) >= 11 is 0. The summed E-state index contributed by atoms with van der Waals surface area (Å²) in [6.07, 6.45) is 4.51. The Labute approximate surface area is 139 Å². The number of rotatable bonds is 3. The number of hydrogen-bond donors (Lipinski definition) is 2. The van der Waals surface area contributed by atoms with E-state index in [4.69, 9.17) is 0 Å². The van der Waals surface area contributed by atoms with Gasteiger partial charge in [0.15, 0.2) is 0 Å². The molecule has 3 rings (SSSR count). The van der Waals surface area contributed by atoms with Crippen LogP contribution in [0, 0.1) is 5.92 Å². The van der Waals surface area contributed by atoms with E-state index in [2.05, 4.69) is 17.2 Å². The molecule has 0 radical (unpaired) electrons. The van der Waals surface area contributed by atoms with Gasteiger partial charge in [0.2, 0.25) is 0 Å². The molecule has 2 N–H and O–H groups in total. The average Bonchev–Trinajstić information content (AvgIpc) is 2.57. The molecule has 1 aliphatic carbocycles. The van der Waals surface area contributed by atoms with Crippen LogP contribution in [0.15, 0.2) is 27.8 Å². The lowest BCUT2D eigenvalue weighted by Crippen LogP contribution is -2.41. The normalized spacial score (nSPS) is 20.9. The second-order valence-electron chi connectivity index (χ2n) is 6.58. The van der Waals surface area contributed by atoms with Gasteiger partial charge in [0, 0.05) is 18.2 Å². The maximum atomic E-state index is 12.5. The Morgan fingerprint density at radius 1 is 1.29 bits per heavy atom. The zero-order chi connectivity index (χ0) is 17.3. The van der Waals surface area contributed by atoms with Gasteiger partial charge >= 0.3 is 11.1 Å². The molecule has 2 atom stereocenters. The monoisotopic (exact) mass is 329 g/mol. The molecule has 1 aromatic heterocycles. The van der Waals surface area contributed by atoms with Crippen molar-refractivity contribution in [3.63, 3.8) is 0 Å². The standard InChI is InChI=1S/C18H23N3O3/c1-3-21-15-9-8-12(10-14(15)20-17(23)18(21)24)16(22)19-13-7-5-4-6-11(13)2/h8-11,13H,3-7H2,1-2H3,(H,19,22)(H,20,23)/t11-,13-/m1/s1. The highest BCUT2D eigenvalue weighted by Crippen LogP contribution is 2.24. The minimum Gasteiger partial charge on any atom is -0.349 e. The molecule has 1 saturated carbocycles. The smallest absolute Gasteiger partial charge is 0.316 e. The highest BCUT2D eigenvalue weighted by atomic mass is 16.2. The third-order valence-electron chi connectivity index (χ3n) is 4.98. The van der Waals surface area contributed by atoms with Gasteiger partial charge < -0.3 is 14.9 Å². The predicted molar refractivity (Wildman–Crippen MR) is 93.4 cm³/mol. The summed E-state index contributed by atoms with van der Waals surface area (Å²) in [5.74, 6) is 0.346. The molecule has 0 spiro atoms. The number of hydrogen-bond acceptors (Lipinski definition) is 3. The fourth-order valence-corrected chi connectivity index (χ4v) is 3.52. The van der Waals surface area contributed by atoms with Gasteiger partial charge in [-0.1, -0.05) is 19.8 Å². The number of H-pyrrole nitrogens is 1. The minimum absolute atomic E-state index is 0.134. The van der Waals surface area contributed by atoms with Crippen molar-refractivity contribution in [3.05, 3.63) is 44.5 Å². The van der Waals surface area contributed by atoms with Crippen LogP contribution >= 0.6 is 0 Å². The van der Waals surface area contributed by atoms with E-state index in [1.54, 1.807) is 18.2 Å². The number of aryl methyl sites for hydroxylation is 1. The second kappa shape index (κ2) is 6.63. The Bertz CT molecular complexity index is 881. The van der Waals surface area contributed by atoms with Crippen molar-refractivity contribution in [2.45, 2.75) is 52.1 Å². The molecule has 128 valence electrons. The molecular formula is C18H23N3O3. The Hall–Kier alpha value is -2.37. The van der Waals surface area contributed by atoms with E-state index < -0.39 is 11.1 Å². The Morgan fingerprint density at radius 3 is 2.75 bits per heavy atom. The van der Waals surface area contributed by atoms with E-state index in [1.807, 2.05) is 6.92 Å². The highest BCUT2D eigenvalue weighted by Gasteiger charge is 2.23. The maximum absolute atomic E-state index is 12.5. The molecule has 1 fully saturated rings. The first-order valence-electron chi connectivity index (χ1n) is 8.59. The lowest BCUT2D eigenvalue weighted by atomic mass is 9.86. The van der Waals surface area contributed by atoms with Gasteiger partial charge in [0.25, 0.3) is 5.91 Å². The van der Waals surface area contributed by atoms with Crippen molar-refractivity contribution in [1.82, 2.24) is 14.9 Å². The van der Waals surface area contributed by atoms with Crippen LogP contribution in [-0.2, 0) is 6.54 Å². The SMILES string of the molecule is CCn1c(=O)c(=O)[nH]c2cc(C(=O)N[C@@H]3CCCC[C@H]3C)ccc21. The molecule has 1 aliphatic rings. The third-order valence-corrected chi connectivity index (χ3v) is 4.98. The lowest BCUT2D eigenvalue weighted by molar-refractivity contribution is 0.0910.